The first-order chi connectivity index (χ1) is 16.5. The van der Waals surface area contributed by atoms with Gasteiger partial charge in [0.25, 0.3) is 0 Å². The lowest BCUT2D eigenvalue weighted by Crippen LogP contribution is -2.49. The summed E-state index contributed by atoms with van der Waals surface area (Å²) < 4.78 is 0. The monoisotopic (exact) mass is 467 g/mol. The molecular formula is C25H37N7O2. The zero-order chi connectivity index (χ0) is 23.9. The van der Waals surface area contributed by atoms with E-state index in [1.165, 1.54) is 25.9 Å². The van der Waals surface area contributed by atoms with Crippen molar-refractivity contribution in [3.63, 3.8) is 0 Å². The van der Waals surface area contributed by atoms with Crippen molar-refractivity contribution in [2.45, 2.75) is 26.2 Å². The molecule has 0 radical (unpaired) electrons. The number of hydrogen-bond donors (Lipinski definition) is 2. The molecule has 9 heteroatoms. The maximum absolute atomic E-state index is 12.9. The van der Waals surface area contributed by atoms with Crippen molar-refractivity contribution in [3.05, 3.63) is 30.3 Å². The third-order valence-electron chi connectivity index (χ3n) is 6.82. The first-order valence-electron chi connectivity index (χ1n) is 12.4. The Balaban J connectivity index is 1.29. The maximum Gasteiger partial charge on any atom is 0.223 e. The van der Waals surface area contributed by atoms with E-state index in [4.69, 9.17) is 5.73 Å². The molecule has 1 amide bonds. The number of aromatic nitrogens is 2. The van der Waals surface area contributed by atoms with Crippen LogP contribution in [0.5, 0.6) is 5.75 Å². The molecule has 3 heterocycles. The molecule has 0 unspecified atom stereocenters. The number of hydrogen-bond acceptors (Lipinski definition) is 8. The summed E-state index contributed by atoms with van der Waals surface area (Å²) in [6.07, 6.45) is 2.95. The van der Waals surface area contributed by atoms with Crippen molar-refractivity contribution < 1.29 is 9.90 Å². The van der Waals surface area contributed by atoms with Gasteiger partial charge in [-0.2, -0.15) is 0 Å². The second-order valence-corrected chi connectivity index (χ2v) is 9.17. The van der Waals surface area contributed by atoms with E-state index in [1.807, 2.05) is 23.1 Å². The summed E-state index contributed by atoms with van der Waals surface area (Å²) in [5, 5.41) is 18.4. The molecule has 2 saturated heterocycles. The van der Waals surface area contributed by atoms with Crippen LogP contribution in [-0.2, 0) is 4.79 Å². The minimum absolute atomic E-state index is 0.158. The lowest BCUT2D eigenvalue weighted by Gasteiger charge is -2.36. The summed E-state index contributed by atoms with van der Waals surface area (Å²) >= 11 is 0. The molecule has 0 saturated carbocycles. The number of nitrogen functional groups attached to an aromatic ring is 1. The molecule has 3 N–H and O–H groups in total. The van der Waals surface area contributed by atoms with Gasteiger partial charge in [-0.3, -0.25) is 4.79 Å². The smallest absolute Gasteiger partial charge is 0.223 e. The lowest BCUT2D eigenvalue weighted by atomic mass is 10.1. The van der Waals surface area contributed by atoms with Gasteiger partial charge in [0.2, 0.25) is 5.91 Å². The molecule has 2 aliphatic heterocycles. The zero-order valence-corrected chi connectivity index (χ0v) is 20.2. The van der Waals surface area contributed by atoms with Gasteiger partial charge in [0, 0.05) is 57.8 Å². The number of nitrogens with two attached hydrogens (primary N) is 1. The Bertz CT molecular complexity index is 962. The van der Waals surface area contributed by atoms with Crippen LogP contribution in [0.1, 0.15) is 26.2 Å². The molecule has 4 rings (SSSR count). The largest absolute Gasteiger partial charge is 0.507 e. The molecule has 0 spiro atoms. The number of para-hydroxylation sites is 1. The molecule has 0 bridgehead atoms. The fourth-order valence-electron chi connectivity index (χ4n) is 4.86. The molecule has 1 aromatic heterocycles. The summed E-state index contributed by atoms with van der Waals surface area (Å²) in [6.45, 7) is 11.3. The lowest BCUT2D eigenvalue weighted by molar-refractivity contribution is -0.131. The van der Waals surface area contributed by atoms with Crippen molar-refractivity contribution >= 4 is 17.4 Å². The average Bonchev–Trinajstić information content (AvgIpc) is 3.09. The van der Waals surface area contributed by atoms with Gasteiger partial charge in [-0.05, 0) is 50.7 Å². The van der Waals surface area contributed by atoms with Gasteiger partial charge in [0.1, 0.15) is 5.75 Å². The number of piperazine rings is 1. The Morgan fingerprint density at radius 1 is 0.971 bits per heavy atom. The van der Waals surface area contributed by atoms with Gasteiger partial charge in [0.05, 0.1) is 11.4 Å². The van der Waals surface area contributed by atoms with E-state index < -0.39 is 0 Å². The number of rotatable bonds is 7. The van der Waals surface area contributed by atoms with Crippen molar-refractivity contribution in [2.24, 2.45) is 0 Å². The maximum atomic E-state index is 12.9. The van der Waals surface area contributed by atoms with E-state index >= 15 is 0 Å². The van der Waals surface area contributed by atoms with Crippen molar-refractivity contribution in [1.29, 1.82) is 0 Å². The van der Waals surface area contributed by atoms with E-state index in [2.05, 4.69) is 31.8 Å². The zero-order valence-electron chi connectivity index (χ0n) is 20.2. The number of benzene rings is 1. The number of carbonyl (C=O) groups is 1. The van der Waals surface area contributed by atoms with Gasteiger partial charge in [-0.15, -0.1) is 10.2 Å². The summed E-state index contributed by atoms with van der Waals surface area (Å²) in [4.78, 5) is 22.0. The number of anilines is 2. The van der Waals surface area contributed by atoms with Crippen molar-refractivity contribution in [3.8, 4) is 17.0 Å². The van der Waals surface area contributed by atoms with Gasteiger partial charge >= 0.3 is 0 Å². The number of aromatic hydroxyl groups is 1. The van der Waals surface area contributed by atoms with Crippen LogP contribution in [0.2, 0.25) is 0 Å². The summed E-state index contributed by atoms with van der Waals surface area (Å²) in [6, 6.07) is 8.93. The number of nitrogens with zero attached hydrogens (tertiary/aromatic N) is 6. The average molecular weight is 468 g/mol. The van der Waals surface area contributed by atoms with Crippen LogP contribution in [0, 0.1) is 0 Å². The fourth-order valence-corrected chi connectivity index (χ4v) is 4.86. The predicted molar refractivity (Wildman–Crippen MR) is 135 cm³/mol. The number of phenols is 1. The van der Waals surface area contributed by atoms with Crippen LogP contribution < -0.4 is 10.6 Å². The van der Waals surface area contributed by atoms with Crippen LogP contribution >= 0.6 is 0 Å². The van der Waals surface area contributed by atoms with Crippen LogP contribution in [-0.4, -0.2) is 101 Å². The van der Waals surface area contributed by atoms with Gasteiger partial charge in [-0.1, -0.05) is 19.1 Å². The van der Waals surface area contributed by atoms with E-state index in [9.17, 15) is 9.90 Å². The molecule has 2 aromatic rings. The molecule has 184 valence electrons. The molecule has 1 aromatic carbocycles. The summed E-state index contributed by atoms with van der Waals surface area (Å²) in [7, 11) is 0. The Kier molecular flexibility index (Phi) is 8.18. The highest BCUT2D eigenvalue weighted by Crippen LogP contribution is 2.31. The Morgan fingerprint density at radius 3 is 2.38 bits per heavy atom. The van der Waals surface area contributed by atoms with Crippen molar-refractivity contribution in [1.82, 2.24) is 24.9 Å². The fraction of sp³-hybridized carbons (Fsp3) is 0.560. The Labute approximate surface area is 202 Å². The second-order valence-electron chi connectivity index (χ2n) is 9.17. The number of carbonyl (C=O) groups excluding carboxylic acids is 1. The standard InChI is InChI=1S/C25H37N7O2/c1-2-9-29-10-5-11-30(14-13-29)12-8-24(34)32-17-15-31(16-18-32)22-19-21(27-28-25(22)26)20-6-3-4-7-23(20)33/h3-4,6-7,19,33H,2,5,8-18H2,1H3,(H2,26,28). The Hall–Kier alpha value is -2.91. The highest BCUT2D eigenvalue weighted by atomic mass is 16.3. The molecule has 0 aliphatic carbocycles. The third kappa shape index (κ3) is 5.95. The first-order valence-corrected chi connectivity index (χ1v) is 12.4. The van der Waals surface area contributed by atoms with E-state index in [0.29, 0.717) is 49.7 Å². The molecule has 2 aliphatic rings. The Morgan fingerprint density at radius 2 is 1.68 bits per heavy atom. The van der Waals surface area contributed by atoms with Crippen LogP contribution in [0.4, 0.5) is 11.5 Å². The van der Waals surface area contributed by atoms with Gasteiger partial charge < -0.3 is 30.4 Å². The minimum atomic E-state index is 0.158. The number of phenolic OH excluding ortho intramolecular Hbond substituents is 1. The second kappa shape index (κ2) is 11.5. The van der Waals surface area contributed by atoms with Crippen molar-refractivity contribution in [2.75, 3.05) is 76.1 Å². The summed E-state index contributed by atoms with van der Waals surface area (Å²) in [5.41, 5.74) is 8.13. The molecule has 34 heavy (non-hydrogen) atoms. The SMILES string of the molecule is CCCN1CCCN(CCC(=O)N2CCN(c3cc(-c4ccccc4O)nnc3N)CC2)CC1. The minimum Gasteiger partial charge on any atom is -0.507 e. The molecule has 0 atom stereocenters. The highest BCUT2D eigenvalue weighted by molar-refractivity contribution is 5.77. The third-order valence-corrected chi connectivity index (χ3v) is 6.82. The van der Waals surface area contributed by atoms with E-state index in [1.54, 1.807) is 12.1 Å². The predicted octanol–water partition coefficient (Wildman–Crippen LogP) is 1.89. The van der Waals surface area contributed by atoms with Crippen LogP contribution in [0.25, 0.3) is 11.3 Å². The topological polar surface area (TPSA) is 102 Å². The quantitative estimate of drug-likeness (QED) is 0.637. The van der Waals surface area contributed by atoms with Crippen LogP contribution in [0.3, 0.4) is 0 Å². The molecule has 9 nitrogen and oxygen atoms in total. The first kappa shape index (κ1) is 24.2. The van der Waals surface area contributed by atoms with Crippen LogP contribution in [0.15, 0.2) is 30.3 Å². The van der Waals surface area contributed by atoms with E-state index in [-0.39, 0.29) is 11.7 Å². The van der Waals surface area contributed by atoms with Gasteiger partial charge in [0.15, 0.2) is 5.82 Å². The van der Waals surface area contributed by atoms with E-state index in [0.717, 1.165) is 31.9 Å². The number of amides is 1. The van der Waals surface area contributed by atoms with Gasteiger partial charge in [-0.25, -0.2) is 0 Å². The highest BCUT2D eigenvalue weighted by Gasteiger charge is 2.24. The molecular weight excluding hydrogens is 430 g/mol. The molecule has 2 fully saturated rings. The summed E-state index contributed by atoms with van der Waals surface area (Å²) in [5.74, 6) is 0.743. The normalized spacial score (nSPS) is 18.1.